The molecule has 0 amide bonds. The summed E-state index contributed by atoms with van der Waals surface area (Å²) >= 11 is 5.50. The fourth-order valence-electron chi connectivity index (χ4n) is 1.86. The number of hydrogen-bond donors (Lipinski definition) is 0. The Morgan fingerprint density at radius 1 is 0.947 bits per heavy atom. The molecular formula is C16H13ClO2. The molecule has 0 fully saturated rings. The first-order chi connectivity index (χ1) is 9.28. The molecule has 0 spiro atoms. The van der Waals surface area contributed by atoms with Crippen LogP contribution in [-0.4, -0.2) is 14.2 Å². The summed E-state index contributed by atoms with van der Waals surface area (Å²) in [6.45, 7) is 0. The highest BCUT2D eigenvalue weighted by Gasteiger charge is 2.07. The van der Waals surface area contributed by atoms with Gasteiger partial charge in [-0.15, -0.1) is 0 Å². The Balaban J connectivity index is 2.60. The van der Waals surface area contributed by atoms with E-state index in [0.717, 1.165) is 28.2 Å². The second kappa shape index (κ2) is 6.17. The second-order valence-electron chi connectivity index (χ2n) is 3.87. The van der Waals surface area contributed by atoms with E-state index in [1.54, 1.807) is 14.2 Å². The normalized spacial score (nSPS) is 9.42. The monoisotopic (exact) mass is 272 g/mol. The predicted octanol–water partition coefficient (Wildman–Crippen LogP) is 3.92. The molecular weight excluding hydrogens is 260 g/mol. The van der Waals surface area contributed by atoms with Crippen LogP contribution in [-0.2, 0) is 0 Å². The zero-order valence-electron chi connectivity index (χ0n) is 10.7. The molecule has 2 nitrogen and oxygen atoms in total. The highest BCUT2D eigenvalue weighted by Crippen LogP contribution is 2.31. The van der Waals surface area contributed by atoms with Crippen molar-refractivity contribution in [1.29, 1.82) is 0 Å². The Hall–Kier alpha value is -2.11. The Morgan fingerprint density at radius 3 is 2.16 bits per heavy atom. The summed E-state index contributed by atoms with van der Waals surface area (Å²) in [6.07, 6.45) is 0. The number of rotatable bonds is 3. The fraction of sp³-hybridized carbons (Fsp3) is 0.125. The van der Waals surface area contributed by atoms with E-state index in [2.05, 4.69) is 11.3 Å². The van der Waals surface area contributed by atoms with Gasteiger partial charge in [0.1, 0.15) is 11.5 Å². The number of hydrogen-bond acceptors (Lipinski definition) is 2. The van der Waals surface area contributed by atoms with E-state index in [-0.39, 0.29) is 0 Å². The Kier molecular flexibility index (Phi) is 4.33. The molecule has 2 aromatic carbocycles. The molecule has 2 rings (SSSR count). The maximum atomic E-state index is 5.50. The summed E-state index contributed by atoms with van der Waals surface area (Å²) in [5.74, 6) is 4.36. The van der Waals surface area contributed by atoms with Gasteiger partial charge >= 0.3 is 0 Å². The summed E-state index contributed by atoms with van der Waals surface area (Å²) in [6, 6.07) is 13.5. The van der Waals surface area contributed by atoms with Crippen LogP contribution in [0.3, 0.4) is 0 Å². The van der Waals surface area contributed by atoms with Crippen LogP contribution in [0.15, 0.2) is 42.5 Å². The Labute approximate surface area is 117 Å². The van der Waals surface area contributed by atoms with Gasteiger partial charge in [0.05, 0.1) is 14.2 Å². The van der Waals surface area contributed by atoms with Crippen molar-refractivity contribution >= 4 is 11.6 Å². The minimum Gasteiger partial charge on any atom is -0.497 e. The van der Waals surface area contributed by atoms with Gasteiger partial charge in [-0.25, -0.2) is 0 Å². The topological polar surface area (TPSA) is 18.5 Å². The molecule has 96 valence electrons. The van der Waals surface area contributed by atoms with Crippen molar-refractivity contribution < 1.29 is 9.47 Å². The number of methoxy groups -OCH3 is 2. The van der Waals surface area contributed by atoms with Crippen LogP contribution in [0, 0.1) is 11.3 Å². The molecule has 0 aliphatic carbocycles. The van der Waals surface area contributed by atoms with E-state index in [1.165, 1.54) is 0 Å². The van der Waals surface area contributed by atoms with E-state index in [0.29, 0.717) is 0 Å². The van der Waals surface area contributed by atoms with Gasteiger partial charge in [-0.2, -0.15) is 0 Å². The molecule has 0 N–H and O–H groups in total. The quantitative estimate of drug-likeness (QED) is 0.789. The SMILES string of the molecule is COc1cc(OC)cc(-c2ccccc2C#CCl)c1. The average molecular weight is 273 g/mol. The first kappa shape index (κ1) is 13.3. The van der Waals surface area contributed by atoms with E-state index in [9.17, 15) is 0 Å². The van der Waals surface area contributed by atoms with Crippen molar-refractivity contribution in [2.45, 2.75) is 0 Å². The maximum absolute atomic E-state index is 5.50. The summed E-state index contributed by atoms with van der Waals surface area (Å²) in [4.78, 5) is 0. The molecule has 0 atom stereocenters. The lowest BCUT2D eigenvalue weighted by Crippen LogP contribution is -1.90. The maximum Gasteiger partial charge on any atom is 0.123 e. The third-order valence-corrected chi connectivity index (χ3v) is 2.87. The highest BCUT2D eigenvalue weighted by molar-refractivity contribution is 6.30. The summed E-state index contributed by atoms with van der Waals surface area (Å²) in [5, 5.41) is 2.41. The summed E-state index contributed by atoms with van der Waals surface area (Å²) in [5.41, 5.74) is 2.84. The molecule has 0 bridgehead atoms. The molecule has 0 aromatic heterocycles. The van der Waals surface area contributed by atoms with E-state index >= 15 is 0 Å². The van der Waals surface area contributed by atoms with Gasteiger partial charge in [0.2, 0.25) is 0 Å². The number of halogens is 1. The van der Waals surface area contributed by atoms with Crippen LogP contribution in [0.1, 0.15) is 5.56 Å². The molecule has 0 aliphatic rings. The standard InChI is InChI=1S/C16H13ClO2/c1-18-14-9-13(10-15(11-14)19-2)16-6-4-3-5-12(16)7-8-17/h3-6,9-11H,1-2H3. The van der Waals surface area contributed by atoms with E-state index < -0.39 is 0 Å². The second-order valence-corrected chi connectivity index (χ2v) is 4.06. The van der Waals surface area contributed by atoms with Gasteiger partial charge in [-0.1, -0.05) is 18.2 Å². The molecule has 0 aliphatic heterocycles. The zero-order chi connectivity index (χ0) is 13.7. The van der Waals surface area contributed by atoms with Crippen LogP contribution >= 0.6 is 11.6 Å². The van der Waals surface area contributed by atoms with Gasteiger partial charge in [0, 0.05) is 17.0 Å². The van der Waals surface area contributed by atoms with Crippen LogP contribution < -0.4 is 9.47 Å². The molecule has 2 aromatic rings. The van der Waals surface area contributed by atoms with Crippen LogP contribution in [0.4, 0.5) is 0 Å². The fourth-order valence-corrected chi connectivity index (χ4v) is 1.96. The van der Waals surface area contributed by atoms with Crippen molar-refractivity contribution in [3.63, 3.8) is 0 Å². The first-order valence-corrected chi connectivity index (χ1v) is 6.10. The molecule has 0 heterocycles. The minimum atomic E-state index is 0.739. The molecule has 3 heteroatoms. The predicted molar refractivity (Wildman–Crippen MR) is 77.7 cm³/mol. The van der Waals surface area contributed by atoms with Gasteiger partial charge in [0.15, 0.2) is 0 Å². The van der Waals surface area contributed by atoms with E-state index in [1.807, 2.05) is 42.5 Å². The molecule has 19 heavy (non-hydrogen) atoms. The number of benzene rings is 2. The lowest BCUT2D eigenvalue weighted by atomic mass is 9.99. The van der Waals surface area contributed by atoms with Crippen molar-refractivity contribution in [3.05, 3.63) is 48.0 Å². The molecule has 0 radical (unpaired) electrons. The number of ether oxygens (including phenoxy) is 2. The Morgan fingerprint density at radius 2 is 1.58 bits per heavy atom. The lowest BCUT2D eigenvalue weighted by Gasteiger charge is -2.10. The van der Waals surface area contributed by atoms with Gasteiger partial charge in [-0.3, -0.25) is 0 Å². The van der Waals surface area contributed by atoms with Crippen molar-refractivity contribution in [2.75, 3.05) is 14.2 Å². The van der Waals surface area contributed by atoms with Crippen molar-refractivity contribution in [2.24, 2.45) is 0 Å². The van der Waals surface area contributed by atoms with Gasteiger partial charge in [-0.05, 0) is 46.8 Å². The third-order valence-electron chi connectivity index (χ3n) is 2.77. The summed E-state index contributed by atoms with van der Waals surface area (Å²) < 4.78 is 10.6. The zero-order valence-corrected chi connectivity index (χ0v) is 11.5. The Bertz CT molecular complexity index is 616. The van der Waals surface area contributed by atoms with E-state index in [4.69, 9.17) is 21.1 Å². The van der Waals surface area contributed by atoms with Crippen molar-refractivity contribution in [1.82, 2.24) is 0 Å². The van der Waals surface area contributed by atoms with Gasteiger partial charge in [0.25, 0.3) is 0 Å². The average Bonchev–Trinajstić information content (AvgIpc) is 2.47. The lowest BCUT2D eigenvalue weighted by molar-refractivity contribution is 0.394. The largest absolute Gasteiger partial charge is 0.497 e. The van der Waals surface area contributed by atoms with Crippen molar-refractivity contribution in [3.8, 4) is 33.9 Å². The molecule has 0 saturated heterocycles. The minimum absolute atomic E-state index is 0.739. The van der Waals surface area contributed by atoms with Crippen LogP contribution in [0.25, 0.3) is 11.1 Å². The van der Waals surface area contributed by atoms with Gasteiger partial charge < -0.3 is 9.47 Å². The highest BCUT2D eigenvalue weighted by atomic mass is 35.5. The third kappa shape index (κ3) is 3.01. The summed E-state index contributed by atoms with van der Waals surface area (Å²) in [7, 11) is 3.26. The molecule has 0 unspecified atom stereocenters. The van der Waals surface area contributed by atoms with Crippen LogP contribution in [0.5, 0.6) is 11.5 Å². The van der Waals surface area contributed by atoms with Crippen LogP contribution in [0.2, 0.25) is 0 Å². The molecule has 0 saturated carbocycles. The first-order valence-electron chi connectivity index (χ1n) is 5.72. The smallest absolute Gasteiger partial charge is 0.123 e.